The molecule has 2 rings (SSSR count). The Hall–Kier alpha value is -3.35. The Kier molecular flexibility index (Phi) is 9.73. The highest BCUT2D eigenvalue weighted by Gasteiger charge is 2.11. The number of carbonyl (C=O) groups is 2. The third kappa shape index (κ3) is 7.72. The normalized spacial score (nSPS) is 12.1. The number of rotatable bonds is 9. The number of carbonyl (C=O) groups excluding carboxylic acids is 2. The fourth-order valence-electron chi connectivity index (χ4n) is 3.06. The molecule has 2 aromatic carbocycles. The minimum Gasteiger partial charge on any atom is -0.356 e. The van der Waals surface area contributed by atoms with Gasteiger partial charge in [0.25, 0.3) is 5.91 Å². The van der Waals surface area contributed by atoms with Crippen LogP contribution in [-0.4, -0.2) is 50.4 Å². The maximum absolute atomic E-state index is 12.1. The number of hydrogen-bond acceptors (Lipinski definition) is 3. The molecule has 0 heterocycles. The summed E-state index contributed by atoms with van der Waals surface area (Å²) in [5.41, 5.74) is 3.62. The van der Waals surface area contributed by atoms with Gasteiger partial charge < -0.3 is 20.9 Å². The van der Waals surface area contributed by atoms with Crippen molar-refractivity contribution in [1.82, 2.24) is 15.5 Å². The van der Waals surface area contributed by atoms with Gasteiger partial charge in [-0.05, 0) is 48.2 Å². The zero-order chi connectivity index (χ0) is 23.5. The maximum atomic E-state index is 12.1. The molecular weight excluding hydrogens is 402 g/mol. The summed E-state index contributed by atoms with van der Waals surface area (Å²) in [4.78, 5) is 30.1. The lowest BCUT2D eigenvalue weighted by molar-refractivity contribution is -0.119. The number of aliphatic imine (C=N–C) groups is 1. The summed E-state index contributed by atoms with van der Waals surface area (Å²) < 4.78 is 0. The number of nitrogens with zero attached hydrogens (tertiary/aromatic N) is 2. The zero-order valence-electron chi connectivity index (χ0n) is 19.7. The van der Waals surface area contributed by atoms with Crippen LogP contribution in [0.2, 0.25) is 0 Å². The van der Waals surface area contributed by atoms with Crippen LogP contribution >= 0.6 is 0 Å². The highest BCUT2D eigenvalue weighted by atomic mass is 16.2. The lowest BCUT2D eigenvalue weighted by atomic mass is 10.1. The van der Waals surface area contributed by atoms with Crippen molar-refractivity contribution >= 4 is 23.5 Å². The Labute approximate surface area is 191 Å². The largest absolute Gasteiger partial charge is 0.356 e. The van der Waals surface area contributed by atoms with E-state index in [0.29, 0.717) is 24.6 Å². The third-order valence-electron chi connectivity index (χ3n) is 5.22. The van der Waals surface area contributed by atoms with E-state index in [1.54, 1.807) is 26.0 Å². The fourth-order valence-corrected chi connectivity index (χ4v) is 3.06. The Bertz CT molecular complexity index is 939. The minimum absolute atomic E-state index is 0.000132. The molecule has 0 saturated carbocycles. The standard InChI is InChI=1S/C25H35N5O2/c1-6-18(2)23(31)29-22-12-8-10-20(16-22)17-28-25(26-3)27-14-13-19-9-7-11-21(15-19)24(32)30(4)5/h7-12,15-16,18H,6,13-14,17H2,1-5H3,(H,29,31)(H2,26,27,28). The summed E-state index contributed by atoms with van der Waals surface area (Å²) in [6.45, 7) is 5.19. The van der Waals surface area contributed by atoms with Crippen LogP contribution in [0.1, 0.15) is 41.8 Å². The highest BCUT2D eigenvalue weighted by Crippen LogP contribution is 2.13. The maximum Gasteiger partial charge on any atom is 0.253 e. The molecule has 7 nitrogen and oxygen atoms in total. The monoisotopic (exact) mass is 437 g/mol. The molecule has 2 aromatic rings. The van der Waals surface area contributed by atoms with Gasteiger partial charge in [-0.3, -0.25) is 14.6 Å². The highest BCUT2D eigenvalue weighted by molar-refractivity contribution is 5.94. The zero-order valence-corrected chi connectivity index (χ0v) is 19.7. The van der Waals surface area contributed by atoms with Gasteiger partial charge in [-0.2, -0.15) is 0 Å². The summed E-state index contributed by atoms with van der Waals surface area (Å²) in [7, 11) is 5.23. The Morgan fingerprint density at radius 2 is 1.75 bits per heavy atom. The predicted molar refractivity (Wildman–Crippen MR) is 131 cm³/mol. The number of hydrogen-bond donors (Lipinski definition) is 3. The lowest BCUT2D eigenvalue weighted by Crippen LogP contribution is -2.37. The first-order valence-corrected chi connectivity index (χ1v) is 11.0. The van der Waals surface area contributed by atoms with Crippen molar-refractivity contribution < 1.29 is 9.59 Å². The van der Waals surface area contributed by atoms with Crippen LogP contribution in [-0.2, 0) is 17.8 Å². The van der Waals surface area contributed by atoms with Crippen LogP contribution in [0, 0.1) is 5.92 Å². The third-order valence-corrected chi connectivity index (χ3v) is 5.22. The molecule has 0 bridgehead atoms. The van der Waals surface area contributed by atoms with Crippen molar-refractivity contribution in [2.45, 2.75) is 33.2 Å². The molecule has 0 aliphatic heterocycles. The van der Waals surface area contributed by atoms with E-state index in [1.165, 1.54) is 0 Å². The van der Waals surface area contributed by atoms with Crippen LogP contribution in [0.25, 0.3) is 0 Å². The van der Waals surface area contributed by atoms with Crippen LogP contribution in [0.5, 0.6) is 0 Å². The average molecular weight is 438 g/mol. The average Bonchev–Trinajstić information content (AvgIpc) is 2.80. The second-order valence-electron chi connectivity index (χ2n) is 8.00. The first-order valence-electron chi connectivity index (χ1n) is 11.0. The van der Waals surface area contributed by atoms with Crippen LogP contribution < -0.4 is 16.0 Å². The van der Waals surface area contributed by atoms with Gasteiger partial charge in [-0.1, -0.05) is 38.1 Å². The number of anilines is 1. The molecule has 0 aliphatic rings. The van der Waals surface area contributed by atoms with Crippen molar-refractivity contribution in [2.24, 2.45) is 10.9 Å². The molecule has 32 heavy (non-hydrogen) atoms. The predicted octanol–water partition coefficient (Wildman–Crippen LogP) is 3.28. The fraction of sp³-hybridized carbons (Fsp3) is 0.400. The number of nitrogens with one attached hydrogen (secondary N) is 3. The van der Waals surface area contributed by atoms with E-state index >= 15 is 0 Å². The molecule has 0 saturated heterocycles. The summed E-state index contributed by atoms with van der Waals surface area (Å²) in [6.07, 6.45) is 1.58. The van der Waals surface area contributed by atoms with Gasteiger partial charge in [-0.15, -0.1) is 0 Å². The second kappa shape index (κ2) is 12.5. The van der Waals surface area contributed by atoms with Crippen molar-refractivity contribution in [2.75, 3.05) is 33.0 Å². The van der Waals surface area contributed by atoms with Gasteiger partial charge in [0, 0.05) is 51.4 Å². The molecule has 0 fully saturated rings. The summed E-state index contributed by atoms with van der Waals surface area (Å²) in [5.74, 6) is 0.715. The Morgan fingerprint density at radius 3 is 2.44 bits per heavy atom. The molecule has 1 unspecified atom stereocenters. The van der Waals surface area contributed by atoms with Gasteiger partial charge in [0.15, 0.2) is 5.96 Å². The van der Waals surface area contributed by atoms with Crippen LogP contribution in [0.4, 0.5) is 5.69 Å². The van der Waals surface area contributed by atoms with E-state index in [9.17, 15) is 9.59 Å². The van der Waals surface area contributed by atoms with Gasteiger partial charge >= 0.3 is 0 Å². The molecular formula is C25H35N5O2. The SMILES string of the molecule is CCC(C)C(=O)Nc1cccc(CNC(=NC)NCCc2cccc(C(=O)N(C)C)c2)c1. The molecule has 1 atom stereocenters. The molecule has 7 heteroatoms. The Morgan fingerprint density at radius 1 is 1.03 bits per heavy atom. The van der Waals surface area contributed by atoms with E-state index < -0.39 is 0 Å². The van der Waals surface area contributed by atoms with Crippen molar-refractivity contribution in [1.29, 1.82) is 0 Å². The van der Waals surface area contributed by atoms with E-state index in [-0.39, 0.29) is 17.7 Å². The van der Waals surface area contributed by atoms with Gasteiger partial charge in [0.2, 0.25) is 5.91 Å². The van der Waals surface area contributed by atoms with Gasteiger partial charge in [0.05, 0.1) is 0 Å². The first-order chi connectivity index (χ1) is 15.3. The molecule has 2 amide bonds. The summed E-state index contributed by atoms with van der Waals surface area (Å²) in [6, 6.07) is 15.5. The molecule has 0 radical (unpaired) electrons. The molecule has 0 aliphatic carbocycles. The number of amides is 2. The number of benzene rings is 2. The van der Waals surface area contributed by atoms with Crippen molar-refractivity contribution in [3.05, 3.63) is 65.2 Å². The van der Waals surface area contributed by atoms with E-state index in [0.717, 1.165) is 29.7 Å². The van der Waals surface area contributed by atoms with Crippen molar-refractivity contribution in [3.8, 4) is 0 Å². The molecule has 0 spiro atoms. The summed E-state index contributed by atoms with van der Waals surface area (Å²) >= 11 is 0. The Balaban J connectivity index is 1.85. The minimum atomic E-state index is -0.0125. The number of guanidine groups is 1. The topological polar surface area (TPSA) is 85.8 Å². The van der Waals surface area contributed by atoms with Gasteiger partial charge in [-0.25, -0.2) is 0 Å². The summed E-state index contributed by atoms with van der Waals surface area (Å²) in [5, 5.41) is 9.57. The molecule has 3 N–H and O–H groups in total. The van der Waals surface area contributed by atoms with E-state index in [1.807, 2.05) is 62.4 Å². The molecule has 0 aromatic heterocycles. The van der Waals surface area contributed by atoms with E-state index in [4.69, 9.17) is 0 Å². The van der Waals surface area contributed by atoms with Crippen molar-refractivity contribution in [3.63, 3.8) is 0 Å². The van der Waals surface area contributed by atoms with E-state index in [2.05, 4.69) is 20.9 Å². The second-order valence-corrected chi connectivity index (χ2v) is 8.00. The smallest absolute Gasteiger partial charge is 0.253 e. The quantitative estimate of drug-likeness (QED) is 0.415. The van der Waals surface area contributed by atoms with Crippen LogP contribution in [0.15, 0.2) is 53.5 Å². The van der Waals surface area contributed by atoms with Gasteiger partial charge in [0.1, 0.15) is 0 Å². The lowest BCUT2D eigenvalue weighted by Gasteiger charge is -2.14. The molecule has 172 valence electrons. The van der Waals surface area contributed by atoms with Crippen LogP contribution in [0.3, 0.4) is 0 Å². The first kappa shape index (κ1) is 24.9.